The molecule has 6 nitrogen and oxygen atoms in total. The number of pyridine rings is 1. The number of carbonyl (C=O) groups excluding carboxylic acids is 1. The number of ketones is 1. The molecular weight excluding hydrogens is 357 g/mol. The topological polar surface area (TPSA) is 85.2 Å². The van der Waals surface area contributed by atoms with Crippen LogP contribution in [0.4, 0.5) is 4.39 Å². The van der Waals surface area contributed by atoms with Crippen LogP contribution in [-0.4, -0.2) is 33.2 Å². The zero-order chi connectivity index (χ0) is 19.7. The van der Waals surface area contributed by atoms with Crippen molar-refractivity contribution in [3.8, 4) is 23.4 Å². The van der Waals surface area contributed by atoms with Gasteiger partial charge in [0.25, 0.3) is 0 Å². The van der Waals surface area contributed by atoms with E-state index in [2.05, 4.69) is 17.2 Å². The average Bonchev–Trinajstić information content (AvgIpc) is 3.32. The average molecular weight is 373 g/mol. The van der Waals surface area contributed by atoms with Crippen molar-refractivity contribution >= 4 is 11.4 Å². The summed E-state index contributed by atoms with van der Waals surface area (Å²) in [5, 5.41) is 18.0. The summed E-state index contributed by atoms with van der Waals surface area (Å²) in [6.45, 7) is 1.16. The number of rotatable bonds is 4. The Hall–Kier alpha value is -3.71. The Morgan fingerprint density at radius 1 is 1.25 bits per heavy atom. The van der Waals surface area contributed by atoms with Gasteiger partial charge in [-0.3, -0.25) is 9.20 Å². The third-order valence-electron chi connectivity index (χ3n) is 5.05. The molecule has 0 saturated carbocycles. The maximum Gasteiger partial charge on any atom is 0.229 e. The minimum absolute atomic E-state index is 0.0423. The fraction of sp³-hybridized carbons (Fsp3) is 0.238. The molecule has 1 aromatic carbocycles. The first-order valence-corrected chi connectivity index (χ1v) is 8.95. The Kier molecular flexibility index (Phi) is 4.50. The second-order valence-corrected chi connectivity index (χ2v) is 6.92. The fourth-order valence-electron chi connectivity index (χ4n) is 3.58. The molecule has 3 aromatic rings. The molecule has 1 atom stereocenters. The fourth-order valence-corrected chi connectivity index (χ4v) is 3.58. The van der Waals surface area contributed by atoms with Gasteiger partial charge in [0.05, 0.1) is 11.6 Å². The van der Waals surface area contributed by atoms with Gasteiger partial charge in [0.2, 0.25) is 5.95 Å². The van der Waals surface area contributed by atoms with Crippen LogP contribution >= 0.6 is 0 Å². The van der Waals surface area contributed by atoms with Crippen molar-refractivity contribution in [3.05, 3.63) is 59.8 Å². The van der Waals surface area contributed by atoms with Crippen LogP contribution in [0.3, 0.4) is 0 Å². The van der Waals surface area contributed by atoms with Gasteiger partial charge in [-0.25, -0.2) is 4.98 Å². The van der Waals surface area contributed by atoms with Crippen molar-refractivity contribution in [2.45, 2.75) is 12.8 Å². The highest BCUT2D eigenvalue weighted by Gasteiger charge is 2.27. The molecule has 7 heteroatoms. The highest BCUT2D eigenvalue weighted by molar-refractivity contribution is 5.95. The molecule has 4 rings (SSSR count). The second-order valence-electron chi connectivity index (χ2n) is 6.92. The molecule has 1 aliphatic rings. The number of hydrogen-bond acceptors (Lipinski definition) is 5. The summed E-state index contributed by atoms with van der Waals surface area (Å²) < 4.78 is 16.2. The predicted molar refractivity (Wildman–Crippen MR) is 99.5 cm³/mol. The van der Waals surface area contributed by atoms with Crippen molar-refractivity contribution in [1.29, 1.82) is 10.5 Å². The first-order chi connectivity index (χ1) is 13.6. The number of carbonyl (C=O) groups is 1. The van der Waals surface area contributed by atoms with Crippen molar-refractivity contribution in [2.75, 3.05) is 13.1 Å². The van der Waals surface area contributed by atoms with E-state index in [4.69, 9.17) is 10.5 Å². The minimum atomic E-state index is -0.687. The van der Waals surface area contributed by atoms with Gasteiger partial charge in [-0.1, -0.05) is 12.1 Å². The van der Waals surface area contributed by atoms with Crippen molar-refractivity contribution in [2.24, 2.45) is 5.92 Å². The third-order valence-corrected chi connectivity index (χ3v) is 5.05. The second kappa shape index (κ2) is 7.13. The normalized spacial score (nSPS) is 16.1. The number of hydrogen-bond donors (Lipinski definition) is 0. The molecule has 0 aliphatic carbocycles. The van der Waals surface area contributed by atoms with Crippen LogP contribution in [0, 0.1) is 34.7 Å². The number of halogens is 1. The Morgan fingerprint density at radius 3 is 2.86 bits per heavy atom. The van der Waals surface area contributed by atoms with E-state index in [1.807, 2.05) is 6.07 Å². The molecule has 2 aromatic heterocycles. The van der Waals surface area contributed by atoms with Gasteiger partial charge in [-0.2, -0.15) is 14.9 Å². The summed E-state index contributed by atoms with van der Waals surface area (Å²) in [7, 11) is 0. The summed E-state index contributed by atoms with van der Waals surface area (Å²) in [5.74, 6) is -0.993. The van der Waals surface area contributed by atoms with Crippen LogP contribution in [0.15, 0.2) is 42.6 Å². The third kappa shape index (κ3) is 3.19. The van der Waals surface area contributed by atoms with E-state index in [0.717, 1.165) is 17.5 Å². The maximum absolute atomic E-state index is 14.9. The molecular formula is C21H16FN5O. The molecule has 3 heterocycles. The lowest BCUT2D eigenvalue weighted by Crippen LogP contribution is -2.16. The number of imidazole rings is 1. The Bertz CT molecular complexity index is 1150. The number of nitrogens with zero attached hydrogens (tertiary/aromatic N) is 5. The molecule has 0 N–H and O–H groups in total. The number of benzene rings is 1. The molecule has 1 aliphatic heterocycles. The Labute approximate surface area is 161 Å². The smallest absolute Gasteiger partial charge is 0.229 e. The van der Waals surface area contributed by atoms with Crippen LogP contribution < -0.4 is 0 Å². The van der Waals surface area contributed by atoms with E-state index in [-0.39, 0.29) is 23.8 Å². The number of aromatic nitrogens is 2. The van der Waals surface area contributed by atoms with E-state index in [9.17, 15) is 9.18 Å². The van der Waals surface area contributed by atoms with Gasteiger partial charge >= 0.3 is 0 Å². The summed E-state index contributed by atoms with van der Waals surface area (Å²) in [6, 6.07) is 12.6. The van der Waals surface area contributed by atoms with Gasteiger partial charge in [-0.15, -0.1) is 0 Å². The lowest BCUT2D eigenvalue weighted by atomic mass is 10.0. The van der Waals surface area contributed by atoms with Crippen molar-refractivity contribution in [1.82, 2.24) is 14.3 Å². The summed E-state index contributed by atoms with van der Waals surface area (Å²) >= 11 is 0. The first-order valence-electron chi connectivity index (χ1n) is 8.95. The summed E-state index contributed by atoms with van der Waals surface area (Å²) in [4.78, 5) is 18.4. The summed E-state index contributed by atoms with van der Waals surface area (Å²) in [5.41, 5.74) is 2.21. The van der Waals surface area contributed by atoms with E-state index in [1.165, 1.54) is 4.40 Å². The van der Waals surface area contributed by atoms with Gasteiger partial charge < -0.3 is 4.90 Å². The number of likely N-dealkylation sites (tertiary alicyclic amines) is 1. The Balaban J connectivity index is 1.63. The molecule has 0 bridgehead atoms. The van der Waals surface area contributed by atoms with E-state index >= 15 is 0 Å². The zero-order valence-electron chi connectivity index (χ0n) is 15.0. The number of Topliss-reactive ketones (excluding diaryl/α,β-unsaturated/α-hetero) is 1. The quantitative estimate of drug-likeness (QED) is 0.517. The molecule has 0 amide bonds. The zero-order valence-corrected chi connectivity index (χ0v) is 15.0. The van der Waals surface area contributed by atoms with E-state index < -0.39 is 5.95 Å². The lowest BCUT2D eigenvalue weighted by molar-refractivity contribution is 0.0954. The highest BCUT2D eigenvalue weighted by Crippen LogP contribution is 2.25. The van der Waals surface area contributed by atoms with Crippen molar-refractivity contribution in [3.63, 3.8) is 0 Å². The van der Waals surface area contributed by atoms with E-state index in [0.29, 0.717) is 24.3 Å². The highest BCUT2D eigenvalue weighted by atomic mass is 19.1. The molecule has 1 saturated heterocycles. The molecule has 138 valence electrons. The molecule has 1 fully saturated rings. The Morgan fingerprint density at radius 2 is 2.11 bits per heavy atom. The van der Waals surface area contributed by atoms with E-state index in [1.54, 1.807) is 41.4 Å². The number of fused-ring (bicyclic) bond motifs is 1. The molecule has 0 radical (unpaired) electrons. The maximum atomic E-state index is 14.9. The largest absolute Gasteiger partial charge is 0.310 e. The lowest BCUT2D eigenvalue weighted by Gasteiger charge is -2.07. The van der Waals surface area contributed by atoms with Crippen LogP contribution in [0.1, 0.15) is 28.9 Å². The van der Waals surface area contributed by atoms with Gasteiger partial charge in [0, 0.05) is 25.7 Å². The van der Waals surface area contributed by atoms with Gasteiger partial charge in [0.15, 0.2) is 17.7 Å². The summed E-state index contributed by atoms with van der Waals surface area (Å²) in [6.07, 6.45) is 4.58. The first kappa shape index (κ1) is 17.7. The minimum Gasteiger partial charge on any atom is -0.310 e. The van der Waals surface area contributed by atoms with Crippen LogP contribution in [0.25, 0.3) is 16.8 Å². The SMILES string of the molecule is N#Cc1cccc(-c2ccc3nc(C(=O)C[C@@H]4CCN(C#N)C4)c(F)n3c2)c1. The molecule has 0 spiro atoms. The van der Waals surface area contributed by atoms with Crippen LogP contribution in [0.5, 0.6) is 0 Å². The van der Waals surface area contributed by atoms with Crippen molar-refractivity contribution < 1.29 is 9.18 Å². The molecule has 28 heavy (non-hydrogen) atoms. The van der Waals surface area contributed by atoms with Gasteiger partial charge in [-0.05, 0) is 47.7 Å². The standard InChI is InChI=1S/C21H16FN5O/c22-21-20(18(28)9-15-6-7-26(11-15)13-24)25-19-5-4-17(12-27(19)21)16-3-1-2-14(8-16)10-23/h1-5,8,12,15H,6-7,9,11H2/t15-/m0/s1. The van der Waals surface area contributed by atoms with Crippen LogP contribution in [-0.2, 0) is 0 Å². The predicted octanol–water partition coefficient (Wildman–Crippen LogP) is 3.39. The molecule has 0 unspecified atom stereocenters. The van der Waals surface area contributed by atoms with Gasteiger partial charge in [0.1, 0.15) is 5.65 Å². The monoisotopic (exact) mass is 373 g/mol. The number of nitriles is 2. The van der Waals surface area contributed by atoms with Crippen LogP contribution in [0.2, 0.25) is 0 Å².